The molecule has 0 aliphatic carbocycles. The molecule has 0 saturated carbocycles. The Hall–Kier alpha value is -3.99. The average Bonchev–Trinajstić information content (AvgIpc) is 2.98. The monoisotopic (exact) mass is 615 g/mol. The number of nitrogens with zero attached hydrogens (tertiary/aromatic N) is 2. The van der Waals surface area contributed by atoms with Gasteiger partial charge in [0.15, 0.2) is 11.6 Å². The first-order valence-electron chi connectivity index (χ1n) is 14.2. The molecular formula is C32H39F2N3O5S. The van der Waals surface area contributed by atoms with E-state index in [1.165, 1.54) is 11.0 Å². The molecule has 0 aliphatic rings. The maximum Gasteiger partial charge on any atom is 0.243 e. The van der Waals surface area contributed by atoms with Crippen LogP contribution in [0.5, 0.6) is 5.75 Å². The molecule has 0 fully saturated rings. The van der Waals surface area contributed by atoms with Crippen LogP contribution in [0.1, 0.15) is 43.7 Å². The van der Waals surface area contributed by atoms with Crippen LogP contribution in [0.3, 0.4) is 0 Å². The SMILES string of the molecule is CCCCNC(=O)[C@@H](Cc1ccccc1)N(Cc1cccc(OC)c1)C(=O)CCCN(c1ccc(F)c(F)c1)S(C)(=O)=O. The zero-order valence-electron chi connectivity index (χ0n) is 24.8. The van der Waals surface area contributed by atoms with E-state index < -0.39 is 27.7 Å². The van der Waals surface area contributed by atoms with Crippen LogP contribution in [0.15, 0.2) is 72.8 Å². The Labute approximate surface area is 252 Å². The van der Waals surface area contributed by atoms with Gasteiger partial charge in [0, 0.05) is 38.5 Å². The number of carbonyl (C=O) groups is 2. The van der Waals surface area contributed by atoms with E-state index in [1.54, 1.807) is 25.3 Å². The summed E-state index contributed by atoms with van der Waals surface area (Å²) >= 11 is 0. The second kappa shape index (κ2) is 16.0. The Morgan fingerprint density at radius 2 is 1.65 bits per heavy atom. The minimum absolute atomic E-state index is 0.0423. The Bertz CT molecular complexity index is 1470. The molecule has 0 spiro atoms. The molecule has 1 atom stereocenters. The fourth-order valence-corrected chi connectivity index (χ4v) is 5.63. The van der Waals surface area contributed by atoms with Gasteiger partial charge in [0.2, 0.25) is 21.8 Å². The lowest BCUT2D eigenvalue weighted by Gasteiger charge is -2.32. The zero-order chi connectivity index (χ0) is 31.4. The van der Waals surface area contributed by atoms with E-state index >= 15 is 0 Å². The Kier molecular flexibility index (Phi) is 12.5. The smallest absolute Gasteiger partial charge is 0.243 e. The number of amides is 2. The Morgan fingerprint density at radius 1 is 0.930 bits per heavy atom. The first kappa shape index (κ1) is 33.5. The fourth-order valence-electron chi connectivity index (χ4n) is 4.67. The van der Waals surface area contributed by atoms with Gasteiger partial charge in [-0.1, -0.05) is 55.8 Å². The minimum Gasteiger partial charge on any atom is -0.497 e. The van der Waals surface area contributed by atoms with Gasteiger partial charge >= 0.3 is 0 Å². The van der Waals surface area contributed by atoms with Gasteiger partial charge in [0.25, 0.3) is 0 Å². The van der Waals surface area contributed by atoms with E-state index in [9.17, 15) is 26.8 Å². The maximum atomic E-state index is 13.9. The minimum atomic E-state index is -3.86. The maximum absolute atomic E-state index is 13.9. The second-order valence-corrected chi connectivity index (χ2v) is 12.2. The lowest BCUT2D eigenvalue weighted by Crippen LogP contribution is -2.50. The highest BCUT2D eigenvalue weighted by Crippen LogP contribution is 2.23. The van der Waals surface area contributed by atoms with Gasteiger partial charge in [-0.25, -0.2) is 17.2 Å². The number of nitrogens with one attached hydrogen (secondary N) is 1. The molecule has 0 aliphatic heterocycles. The summed E-state index contributed by atoms with van der Waals surface area (Å²) in [5.74, 6) is -2.31. The van der Waals surface area contributed by atoms with Crippen molar-refractivity contribution in [1.29, 1.82) is 0 Å². The van der Waals surface area contributed by atoms with Crippen LogP contribution >= 0.6 is 0 Å². The molecule has 3 rings (SSSR count). The summed E-state index contributed by atoms with van der Waals surface area (Å²) in [5, 5.41) is 2.96. The highest BCUT2D eigenvalue weighted by Gasteiger charge is 2.30. The molecule has 3 aromatic rings. The molecule has 0 heterocycles. The molecule has 1 N–H and O–H groups in total. The van der Waals surface area contributed by atoms with Crippen LogP contribution in [-0.2, 0) is 32.6 Å². The normalized spacial score (nSPS) is 11.9. The molecule has 0 saturated heterocycles. The van der Waals surface area contributed by atoms with Crippen molar-refractivity contribution in [2.24, 2.45) is 0 Å². The van der Waals surface area contributed by atoms with Crippen molar-refractivity contribution in [3.8, 4) is 5.75 Å². The molecule has 0 aromatic heterocycles. The Balaban J connectivity index is 1.89. The van der Waals surface area contributed by atoms with Crippen LogP contribution in [0.25, 0.3) is 0 Å². The number of carbonyl (C=O) groups excluding carboxylic acids is 2. The van der Waals surface area contributed by atoms with Crippen LogP contribution in [0, 0.1) is 11.6 Å². The van der Waals surface area contributed by atoms with Crippen LogP contribution in [0.2, 0.25) is 0 Å². The number of benzene rings is 3. The van der Waals surface area contributed by atoms with Gasteiger partial charge in [-0.2, -0.15) is 0 Å². The summed E-state index contributed by atoms with van der Waals surface area (Å²) in [5.41, 5.74) is 1.59. The zero-order valence-corrected chi connectivity index (χ0v) is 25.6. The number of unbranched alkanes of at least 4 members (excludes halogenated alkanes) is 1. The van der Waals surface area contributed by atoms with Crippen molar-refractivity contribution in [2.45, 2.75) is 51.6 Å². The largest absolute Gasteiger partial charge is 0.497 e. The van der Waals surface area contributed by atoms with Crippen molar-refractivity contribution < 1.29 is 31.5 Å². The van der Waals surface area contributed by atoms with Crippen molar-refractivity contribution in [3.05, 3.63) is 95.6 Å². The topological polar surface area (TPSA) is 96.0 Å². The van der Waals surface area contributed by atoms with E-state index in [1.807, 2.05) is 43.3 Å². The van der Waals surface area contributed by atoms with Gasteiger partial charge < -0.3 is 15.0 Å². The van der Waals surface area contributed by atoms with Gasteiger partial charge in [-0.3, -0.25) is 13.9 Å². The number of hydrogen-bond donors (Lipinski definition) is 1. The number of hydrogen-bond acceptors (Lipinski definition) is 5. The van der Waals surface area contributed by atoms with Gasteiger partial charge in [0.1, 0.15) is 11.8 Å². The number of methoxy groups -OCH3 is 1. The molecule has 0 bridgehead atoms. The van der Waals surface area contributed by atoms with Crippen molar-refractivity contribution >= 4 is 27.5 Å². The lowest BCUT2D eigenvalue weighted by atomic mass is 10.0. The second-order valence-electron chi connectivity index (χ2n) is 10.3. The number of ether oxygens (including phenoxy) is 1. The first-order valence-corrected chi connectivity index (χ1v) is 16.0. The number of rotatable bonds is 16. The van der Waals surface area contributed by atoms with Gasteiger partial charge in [0.05, 0.1) is 19.1 Å². The predicted octanol–water partition coefficient (Wildman–Crippen LogP) is 5.08. The summed E-state index contributed by atoms with van der Waals surface area (Å²) in [7, 11) is -2.32. The summed E-state index contributed by atoms with van der Waals surface area (Å²) in [6.07, 6.45) is 2.91. The van der Waals surface area contributed by atoms with Crippen LogP contribution in [0.4, 0.5) is 14.5 Å². The highest BCUT2D eigenvalue weighted by molar-refractivity contribution is 7.92. The molecule has 2 amide bonds. The number of sulfonamides is 1. The molecule has 11 heteroatoms. The average molecular weight is 616 g/mol. The van der Waals surface area contributed by atoms with Gasteiger partial charge in [-0.05, 0) is 48.2 Å². The van der Waals surface area contributed by atoms with E-state index in [-0.39, 0.29) is 49.9 Å². The van der Waals surface area contributed by atoms with E-state index in [2.05, 4.69) is 5.32 Å². The molecule has 3 aromatic carbocycles. The summed E-state index contributed by atoms with van der Waals surface area (Å²) in [6.45, 7) is 2.47. The van der Waals surface area contributed by atoms with Crippen molar-refractivity contribution in [2.75, 3.05) is 30.8 Å². The van der Waals surface area contributed by atoms with E-state index in [0.717, 1.165) is 46.7 Å². The van der Waals surface area contributed by atoms with Crippen molar-refractivity contribution in [1.82, 2.24) is 10.2 Å². The summed E-state index contributed by atoms with van der Waals surface area (Å²) in [4.78, 5) is 28.9. The molecule has 0 unspecified atom stereocenters. The quantitative estimate of drug-likeness (QED) is 0.227. The third kappa shape index (κ3) is 10.1. The molecule has 0 radical (unpaired) electrons. The van der Waals surface area contributed by atoms with Gasteiger partial charge in [-0.15, -0.1) is 0 Å². The third-order valence-corrected chi connectivity index (χ3v) is 8.13. The highest BCUT2D eigenvalue weighted by atomic mass is 32.2. The molecule has 8 nitrogen and oxygen atoms in total. The predicted molar refractivity (Wildman–Crippen MR) is 163 cm³/mol. The van der Waals surface area contributed by atoms with E-state index in [0.29, 0.717) is 12.3 Å². The number of halogens is 2. The summed E-state index contributed by atoms with van der Waals surface area (Å²) < 4.78 is 58.7. The first-order chi connectivity index (χ1) is 20.5. The van der Waals surface area contributed by atoms with Crippen LogP contribution in [-0.4, -0.2) is 57.6 Å². The fraction of sp³-hybridized carbons (Fsp3) is 0.375. The summed E-state index contributed by atoms with van der Waals surface area (Å²) in [6, 6.07) is 18.6. The molecule has 232 valence electrons. The van der Waals surface area contributed by atoms with Crippen molar-refractivity contribution in [3.63, 3.8) is 0 Å². The lowest BCUT2D eigenvalue weighted by molar-refractivity contribution is -0.141. The molecular weight excluding hydrogens is 576 g/mol. The Morgan fingerprint density at radius 3 is 2.30 bits per heavy atom. The molecule has 43 heavy (non-hydrogen) atoms. The third-order valence-electron chi connectivity index (χ3n) is 6.93. The van der Waals surface area contributed by atoms with E-state index in [4.69, 9.17) is 4.74 Å². The van der Waals surface area contributed by atoms with Crippen LogP contribution < -0.4 is 14.4 Å². The standard InChI is InChI=1S/C32H39F2N3O5S/c1-4-5-18-35-32(39)30(21-24-11-7-6-8-12-24)36(23-25-13-9-14-27(20-25)42-2)31(38)15-10-19-37(43(3,40)41)26-16-17-28(33)29(34)22-26/h6-9,11-14,16-17,20,22,30H,4-5,10,15,18-19,21,23H2,1-3H3,(H,35,39)/t30-/m1/s1. The number of anilines is 1.